The first-order valence-corrected chi connectivity index (χ1v) is 7.35. The molecule has 2 heterocycles. The summed E-state index contributed by atoms with van der Waals surface area (Å²) in [7, 11) is 0. The Labute approximate surface area is 112 Å². The molecule has 1 aliphatic rings. The van der Waals surface area contributed by atoms with Crippen LogP contribution in [0.25, 0.3) is 0 Å². The summed E-state index contributed by atoms with van der Waals surface area (Å²) in [6, 6.07) is 0.232. The van der Waals surface area contributed by atoms with Crippen molar-refractivity contribution in [2.75, 3.05) is 18.0 Å². The molecular weight excluding hydrogens is 248 g/mol. The normalized spacial score (nSPS) is 24.3. The lowest BCUT2D eigenvalue weighted by molar-refractivity contribution is 0.0686. The van der Waals surface area contributed by atoms with Gasteiger partial charge in [0.1, 0.15) is 5.69 Å². The average Bonchev–Trinajstić information content (AvgIpc) is 2.73. The Bertz CT molecular complexity index is 445. The summed E-state index contributed by atoms with van der Waals surface area (Å²) in [6.45, 7) is 7.66. The number of nitrogens with zero attached hydrogens (tertiary/aromatic N) is 3. The average molecular weight is 268 g/mol. The van der Waals surface area contributed by atoms with Crippen LogP contribution in [0.2, 0.25) is 0 Å². The first-order chi connectivity index (χ1) is 8.56. The lowest BCUT2D eigenvalue weighted by atomic mass is 10.2. The summed E-state index contributed by atoms with van der Waals surface area (Å²) < 4.78 is 1.68. The number of aryl methyl sites for hydroxylation is 1. The molecule has 5 nitrogen and oxygen atoms in total. The van der Waals surface area contributed by atoms with Gasteiger partial charge in [-0.25, -0.2) is 0 Å². The summed E-state index contributed by atoms with van der Waals surface area (Å²) in [6.07, 6.45) is 1.56. The Kier molecular flexibility index (Phi) is 3.85. The third-order valence-corrected chi connectivity index (χ3v) is 4.85. The number of carbonyl (C=O) groups is 1. The maximum absolute atomic E-state index is 12.6. The van der Waals surface area contributed by atoms with E-state index in [4.69, 9.17) is 5.73 Å². The van der Waals surface area contributed by atoms with Crippen molar-refractivity contribution in [2.24, 2.45) is 0 Å². The highest BCUT2D eigenvalue weighted by molar-refractivity contribution is 8.00. The van der Waals surface area contributed by atoms with Gasteiger partial charge in [-0.2, -0.15) is 16.9 Å². The van der Waals surface area contributed by atoms with Gasteiger partial charge in [0, 0.05) is 30.1 Å². The quantitative estimate of drug-likeness (QED) is 0.882. The minimum Gasteiger partial charge on any atom is -0.396 e. The molecule has 1 aromatic rings. The smallest absolute Gasteiger partial charge is 0.274 e. The van der Waals surface area contributed by atoms with Crippen molar-refractivity contribution in [3.8, 4) is 0 Å². The predicted octanol–water partition coefficient (Wildman–Crippen LogP) is 1.45. The summed E-state index contributed by atoms with van der Waals surface area (Å²) in [5, 5.41) is 4.59. The van der Waals surface area contributed by atoms with E-state index in [1.807, 2.05) is 23.6 Å². The largest absolute Gasteiger partial charge is 0.396 e. The van der Waals surface area contributed by atoms with Crippen LogP contribution in [0.5, 0.6) is 0 Å². The highest BCUT2D eigenvalue weighted by Crippen LogP contribution is 2.26. The van der Waals surface area contributed by atoms with Gasteiger partial charge < -0.3 is 10.6 Å². The van der Waals surface area contributed by atoms with E-state index in [-0.39, 0.29) is 11.9 Å². The van der Waals surface area contributed by atoms with E-state index < -0.39 is 0 Å². The van der Waals surface area contributed by atoms with Crippen molar-refractivity contribution in [3.05, 3.63) is 11.9 Å². The van der Waals surface area contributed by atoms with Crippen LogP contribution >= 0.6 is 11.8 Å². The maximum Gasteiger partial charge on any atom is 0.274 e. The van der Waals surface area contributed by atoms with Crippen LogP contribution in [0.1, 0.15) is 31.3 Å². The Balaban J connectivity index is 2.27. The van der Waals surface area contributed by atoms with Gasteiger partial charge in [-0.05, 0) is 13.8 Å². The number of anilines is 1. The minimum atomic E-state index is 0.00602. The molecule has 2 atom stereocenters. The number of rotatable bonds is 2. The summed E-state index contributed by atoms with van der Waals surface area (Å²) >= 11 is 1.91. The maximum atomic E-state index is 12.6. The Morgan fingerprint density at radius 3 is 3.00 bits per heavy atom. The van der Waals surface area contributed by atoms with Gasteiger partial charge in [0.05, 0.1) is 11.9 Å². The van der Waals surface area contributed by atoms with Gasteiger partial charge in [0.2, 0.25) is 0 Å². The molecule has 1 fully saturated rings. The monoisotopic (exact) mass is 268 g/mol. The molecule has 6 heteroatoms. The topological polar surface area (TPSA) is 64.2 Å². The van der Waals surface area contributed by atoms with Crippen LogP contribution in [0.3, 0.4) is 0 Å². The van der Waals surface area contributed by atoms with E-state index >= 15 is 0 Å². The van der Waals surface area contributed by atoms with Crippen LogP contribution in [0.4, 0.5) is 5.69 Å². The van der Waals surface area contributed by atoms with E-state index in [0.717, 1.165) is 12.3 Å². The fourth-order valence-electron chi connectivity index (χ4n) is 2.23. The molecule has 1 saturated heterocycles. The van der Waals surface area contributed by atoms with Crippen molar-refractivity contribution in [3.63, 3.8) is 0 Å². The number of nitrogens with two attached hydrogens (primary N) is 1. The Hall–Kier alpha value is -1.17. The van der Waals surface area contributed by atoms with E-state index in [1.165, 1.54) is 0 Å². The van der Waals surface area contributed by atoms with Crippen LogP contribution < -0.4 is 5.73 Å². The summed E-state index contributed by atoms with van der Waals surface area (Å²) in [5.74, 6) is 0.990. The lowest BCUT2D eigenvalue weighted by Gasteiger charge is -2.37. The van der Waals surface area contributed by atoms with Crippen molar-refractivity contribution in [2.45, 2.75) is 38.6 Å². The molecule has 1 amide bonds. The van der Waals surface area contributed by atoms with Crippen LogP contribution in [0, 0.1) is 0 Å². The highest BCUT2D eigenvalue weighted by Gasteiger charge is 2.31. The van der Waals surface area contributed by atoms with Gasteiger partial charge in [0.15, 0.2) is 0 Å². The fourth-order valence-corrected chi connectivity index (χ4v) is 3.33. The molecule has 2 unspecified atom stereocenters. The molecule has 1 aliphatic heterocycles. The molecular formula is C12H20N4OS. The third-order valence-electron chi connectivity index (χ3n) is 3.51. The fraction of sp³-hybridized carbons (Fsp3) is 0.667. The zero-order valence-corrected chi connectivity index (χ0v) is 11.9. The van der Waals surface area contributed by atoms with Gasteiger partial charge in [-0.1, -0.05) is 6.92 Å². The van der Waals surface area contributed by atoms with Crippen LogP contribution in [-0.4, -0.2) is 44.2 Å². The second-order valence-electron chi connectivity index (χ2n) is 4.58. The van der Waals surface area contributed by atoms with Gasteiger partial charge in [0.25, 0.3) is 5.91 Å². The standard InChI is InChI=1S/C12H20N4OS/c1-4-16-11(10(13)7-14-16)12(17)15-5-6-18-9(3)8(15)2/h7-9H,4-6,13H2,1-3H3. The van der Waals surface area contributed by atoms with Crippen LogP contribution in [-0.2, 0) is 6.54 Å². The second-order valence-corrected chi connectivity index (χ2v) is 6.06. The number of hydrogen-bond acceptors (Lipinski definition) is 4. The van der Waals surface area contributed by atoms with Crippen molar-refractivity contribution in [1.29, 1.82) is 0 Å². The van der Waals surface area contributed by atoms with E-state index in [9.17, 15) is 4.79 Å². The SMILES string of the molecule is CCn1ncc(N)c1C(=O)N1CCSC(C)C1C. The molecule has 0 saturated carbocycles. The number of carbonyl (C=O) groups excluding carboxylic acids is 1. The van der Waals surface area contributed by atoms with Crippen molar-refractivity contribution >= 4 is 23.4 Å². The van der Waals surface area contributed by atoms with Gasteiger partial charge >= 0.3 is 0 Å². The zero-order chi connectivity index (χ0) is 13.3. The van der Waals surface area contributed by atoms with E-state index in [2.05, 4.69) is 18.9 Å². The molecule has 2 rings (SSSR count). The molecule has 18 heavy (non-hydrogen) atoms. The van der Waals surface area contributed by atoms with E-state index in [1.54, 1.807) is 10.9 Å². The number of hydrogen-bond donors (Lipinski definition) is 1. The molecule has 0 spiro atoms. The first-order valence-electron chi connectivity index (χ1n) is 6.30. The van der Waals surface area contributed by atoms with E-state index in [0.29, 0.717) is 23.2 Å². The predicted molar refractivity (Wildman–Crippen MR) is 74.7 cm³/mol. The number of aromatic nitrogens is 2. The zero-order valence-electron chi connectivity index (χ0n) is 11.1. The summed E-state index contributed by atoms with van der Waals surface area (Å²) in [5.41, 5.74) is 6.87. The molecule has 0 aromatic carbocycles. The molecule has 100 valence electrons. The molecule has 0 bridgehead atoms. The molecule has 2 N–H and O–H groups in total. The van der Waals surface area contributed by atoms with Crippen molar-refractivity contribution < 1.29 is 4.79 Å². The number of thioether (sulfide) groups is 1. The molecule has 0 aliphatic carbocycles. The first kappa shape index (κ1) is 13.3. The number of nitrogen functional groups attached to an aromatic ring is 1. The van der Waals surface area contributed by atoms with Crippen LogP contribution in [0.15, 0.2) is 6.20 Å². The Morgan fingerprint density at radius 1 is 1.61 bits per heavy atom. The highest BCUT2D eigenvalue weighted by atomic mass is 32.2. The van der Waals surface area contributed by atoms with Gasteiger partial charge in [-0.3, -0.25) is 9.48 Å². The van der Waals surface area contributed by atoms with Gasteiger partial charge in [-0.15, -0.1) is 0 Å². The second kappa shape index (κ2) is 5.22. The lowest BCUT2D eigenvalue weighted by Crippen LogP contribution is -2.48. The number of amides is 1. The molecule has 1 aromatic heterocycles. The molecule has 0 radical (unpaired) electrons. The summed E-state index contributed by atoms with van der Waals surface area (Å²) in [4.78, 5) is 14.5. The minimum absolute atomic E-state index is 0.00602. The third kappa shape index (κ3) is 2.21. The Morgan fingerprint density at radius 2 is 2.33 bits per heavy atom. The van der Waals surface area contributed by atoms with Crippen molar-refractivity contribution in [1.82, 2.24) is 14.7 Å².